The molecule has 1 N–H and O–H groups in total. The molecule has 116 valence electrons. The Morgan fingerprint density at radius 1 is 1.50 bits per heavy atom. The van der Waals surface area contributed by atoms with E-state index >= 15 is 0 Å². The van der Waals surface area contributed by atoms with E-state index in [9.17, 15) is 10.1 Å². The number of halogens is 1. The number of rotatable bonds is 3. The van der Waals surface area contributed by atoms with Crippen LogP contribution in [0.15, 0.2) is 18.3 Å². The Balaban J connectivity index is 2.21. The zero-order chi connectivity index (χ0) is 16.5. The van der Waals surface area contributed by atoms with Crippen molar-refractivity contribution in [3.05, 3.63) is 33.1 Å². The second-order valence-electron chi connectivity index (χ2n) is 5.97. The zero-order valence-electron chi connectivity index (χ0n) is 12.8. The van der Waals surface area contributed by atoms with E-state index in [2.05, 4.69) is 16.5 Å². The lowest BCUT2D eigenvalue weighted by Gasteiger charge is -2.18. The van der Waals surface area contributed by atoms with E-state index in [4.69, 9.17) is 11.6 Å². The number of amides is 1. The average Bonchev–Trinajstić information content (AvgIpc) is 3.03. The number of nitrogens with zero attached hydrogens (tertiary/aromatic N) is 3. The second kappa shape index (κ2) is 6.11. The molecule has 0 saturated carbocycles. The molecule has 1 unspecified atom stereocenters. The third-order valence-electron chi connectivity index (χ3n) is 3.18. The van der Waals surface area contributed by atoms with Gasteiger partial charge in [0.25, 0.3) is 0 Å². The van der Waals surface area contributed by atoms with Gasteiger partial charge in [0.2, 0.25) is 5.91 Å². The highest BCUT2D eigenvalue weighted by Gasteiger charge is 2.22. The van der Waals surface area contributed by atoms with Crippen molar-refractivity contribution < 1.29 is 4.79 Å². The quantitative estimate of drug-likeness (QED) is 0.921. The van der Waals surface area contributed by atoms with Crippen LogP contribution in [0.5, 0.6) is 0 Å². The Hall–Kier alpha value is -1.84. The fraction of sp³-hybridized carbons (Fsp3) is 0.400. The summed E-state index contributed by atoms with van der Waals surface area (Å²) in [5.41, 5.74) is 0.0845. The van der Waals surface area contributed by atoms with Crippen molar-refractivity contribution in [2.24, 2.45) is 0 Å². The fourth-order valence-electron chi connectivity index (χ4n) is 1.81. The number of thiophene rings is 1. The second-order valence-corrected chi connectivity index (χ2v) is 7.72. The summed E-state index contributed by atoms with van der Waals surface area (Å²) < 4.78 is 2.32. The number of nitrogens with one attached hydrogen (secondary N) is 1. The van der Waals surface area contributed by atoms with E-state index in [1.54, 1.807) is 23.9 Å². The summed E-state index contributed by atoms with van der Waals surface area (Å²) in [6.07, 6.45) is 1.64. The van der Waals surface area contributed by atoms with E-state index in [-0.39, 0.29) is 23.2 Å². The standard InChI is InChI=1S/C15H17ClN4OS/c1-9(11-5-6-12(16)22-11)14(21)18-13-10(7-17)8-20(19-13)15(2,3)4/h5-6,8-9H,1-4H3,(H,18,19,21). The van der Waals surface area contributed by atoms with Crippen LogP contribution >= 0.6 is 22.9 Å². The van der Waals surface area contributed by atoms with Crippen molar-refractivity contribution in [1.82, 2.24) is 9.78 Å². The smallest absolute Gasteiger partial charge is 0.233 e. The van der Waals surface area contributed by atoms with Gasteiger partial charge in [-0.1, -0.05) is 11.6 Å². The molecule has 5 nitrogen and oxygen atoms in total. The van der Waals surface area contributed by atoms with Gasteiger partial charge in [-0.2, -0.15) is 10.4 Å². The van der Waals surface area contributed by atoms with Crippen LogP contribution in [-0.2, 0) is 10.3 Å². The largest absolute Gasteiger partial charge is 0.308 e. The summed E-state index contributed by atoms with van der Waals surface area (Å²) >= 11 is 7.27. The minimum atomic E-state index is -0.358. The SMILES string of the molecule is CC(C(=O)Nc1nn(C(C)(C)C)cc1C#N)c1ccc(Cl)s1. The summed E-state index contributed by atoms with van der Waals surface area (Å²) in [4.78, 5) is 13.2. The summed E-state index contributed by atoms with van der Waals surface area (Å²) in [6.45, 7) is 7.72. The lowest BCUT2D eigenvalue weighted by Crippen LogP contribution is -2.23. The molecule has 2 aromatic heterocycles. The maximum Gasteiger partial charge on any atom is 0.233 e. The highest BCUT2D eigenvalue weighted by atomic mass is 35.5. The predicted molar refractivity (Wildman–Crippen MR) is 88.3 cm³/mol. The maximum atomic E-state index is 12.3. The third-order valence-corrected chi connectivity index (χ3v) is 4.59. The third kappa shape index (κ3) is 3.49. The van der Waals surface area contributed by atoms with Gasteiger partial charge in [0.1, 0.15) is 11.6 Å². The van der Waals surface area contributed by atoms with Crippen LogP contribution in [0.25, 0.3) is 0 Å². The number of carbonyl (C=O) groups is 1. The van der Waals surface area contributed by atoms with Crippen LogP contribution < -0.4 is 5.32 Å². The van der Waals surface area contributed by atoms with Gasteiger partial charge in [-0.3, -0.25) is 9.48 Å². The molecule has 0 radical (unpaired) electrons. The first-order chi connectivity index (χ1) is 10.2. The lowest BCUT2D eigenvalue weighted by atomic mass is 10.1. The molecule has 22 heavy (non-hydrogen) atoms. The van der Waals surface area contributed by atoms with E-state index in [1.165, 1.54) is 11.3 Å². The first kappa shape index (κ1) is 16.5. The van der Waals surface area contributed by atoms with Crippen molar-refractivity contribution >= 4 is 34.7 Å². The van der Waals surface area contributed by atoms with Crippen LogP contribution in [0.2, 0.25) is 4.34 Å². The highest BCUT2D eigenvalue weighted by Crippen LogP contribution is 2.29. The molecule has 0 aromatic carbocycles. The molecule has 0 aliphatic rings. The monoisotopic (exact) mass is 336 g/mol. The van der Waals surface area contributed by atoms with E-state index in [0.717, 1.165) is 4.88 Å². The summed E-state index contributed by atoms with van der Waals surface area (Å²) in [5.74, 6) is -0.282. The van der Waals surface area contributed by atoms with Crippen LogP contribution in [0.1, 0.15) is 44.1 Å². The Morgan fingerprint density at radius 3 is 2.68 bits per heavy atom. The first-order valence-electron chi connectivity index (χ1n) is 6.78. The number of nitriles is 1. The predicted octanol–water partition coefficient (Wildman–Crippen LogP) is 3.97. The van der Waals surface area contributed by atoms with Crippen LogP contribution in [0.4, 0.5) is 5.82 Å². The molecule has 1 amide bonds. The fourth-order valence-corrected chi connectivity index (χ4v) is 2.92. The minimum Gasteiger partial charge on any atom is -0.308 e. The van der Waals surface area contributed by atoms with Gasteiger partial charge in [-0.25, -0.2) is 0 Å². The van der Waals surface area contributed by atoms with Crippen molar-refractivity contribution in [2.45, 2.75) is 39.2 Å². The van der Waals surface area contributed by atoms with Crippen LogP contribution in [-0.4, -0.2) is 15.7 Å². The number of anilines is 1. The van der Waals surface area contributed by atoms with Gasteiger partial charge in [0, 0.05) is 11.1 Å². The van der Waals surface area contributed by atoms with Gasteiger partial charge in [-0.05, 0) is 39.8 Å². The number of hydrogen-bond donors (Lipinski definition) is 1. The van der Waals surface area contributed by atoms with Crippen molar-refractivity contribution in [1.29, 1.82) is 5.26 Å². The molecule has 0 spiro atoms. The average molecular weight is 337 g/mol. The molecule has 2 heterocycles. The Labute approximate surface area is 138 Å². The topological polar surface area (TPSA) is 70.7 Å². The zero-order valence-corrected chi connectivity index (χ0v) is 14.4. The first-order valence-corrected chi connectivity index (χ1v) is 7.98. The molecule has 0 saturated heterocycles. The molecule has 0 aliphatic carbocycles. The number of carbonyl (C=O) groups excluding carboxylic acids is 1. The van der Waals surface area contributed by atoms with Crippen LogP contribution in [0, 0.1) is 11.3 Å². The molecular weight excluding hydrogens is 320 g/mol. The minimum absolute atomic E-state index is 0.214. The molecule has 1 atom stereocenters. The Morgan fingerprint density at radius 2 is 2.18 bits per heavy atom. The van der Waals surface area contributed by atoms with E-state index in [0.29, 0.717) is 9.90 Å². The van der Waals surface area contributed by atoms with Gasteiger partial charge in [0.05, 0.1) is 15.8 Å². The highest BCUT2D eigenvalue weighted by molar-refractivity contribution is 7.16. The van der Waals surface area contributed by atoms with Crippen molar-refractivity contribution in [2.75, 3.05) is 5.32 Å². The Bertz CT molecular complexity index is 736. The molecule has 0 bridgehead atoms. The molecular formula is C15H17ClN4OS. The van der Waals surface area contributed by atoms with Crippen molar-refractivity contribution in [3.8, 4) is 6.07 Å². The van der Waals surface area contributed by atoms with E-state index < -0.39 is 0 Å². The molecule has 7 heteroatoms. The maximum absolute atomic E-state index is 12.3. The normalized spacial score (nSPS) is 12.7. The van der Waals surface area contributed by atoms with Gasteiger partial charge in [-0.15, -0.1) is 11.3 Å². The van der Waals surface area contributed by atoms with Gasteiger partial charge in [0.15, 0.2) is 5.82 Å². The summed E-state index contributed by atoms with van der Waals surface area (Å²) in [6, 6.07) is 5.65. The van der Waals surface area contributed by atoms with Crippen LogP contribution in [0.3, 0.4) is 0 Å². The summed E-state index contributed by atoms with van der Waals surface area (Å²) in [7, 11) is 0. The molecule has 0 fully saturated rings. The molecule has 2 aromatic rings. The molecule has 0 aliphatic heterocycles. The van der Waals surface area contributed by atoms with Gasteiger partial charge >= 0.3 is 0 Å². The Kier molecular flexibility index (Phi) is 4.59. The van der Waals surface area contributed by atoms with Crippen molar-refractivity contribution in [3.63, 3.8) is 0 Å². The van der Waals surface area contributed by atoms with Gasteiger partial charge < -0.3 is 5.32 Å². The lowest BCUT2D eigenvalue weighted by molar-refractivity contribution is -0.117. The number of aromatic nitrogens is 2. The summed E-state index contributed by atoms with van der Waals surface area (Å²) in [5, 5.41) is 16.2. The number of hydrogen-bond acceptors (Lipinski definition) is 4. The van der Waals surface area contributed by atoms with E-state index in [1.807, 2.05) is 26.8 Å². The molecule has 2 rings (SSSR count).